The van der Waals surface area contributed by atoms with Crippen LogP contribution in [-0.4, -0.2) is 24.1 Å². The van der Waals surface area contributed by atoms with Crippen LogP contribution < -0.4 is 5.56 Å². The average Bonchev–Trinajstić information content (AvgIpc) is 3.44. The molecule has 0 atom stereocenters. The molecule has 0 aliphatic carbocycles. The summed E-state index contributed by atoms with van der Waals surface area (Å²) in [6.45, 7) is 0.564. The molecular formula is C25H18FN5O. The number of pyridine rings is 1. The molecule has 4 heterocycles. The Balaban J connectivity index is 1.37. The number of hydrogen-bond donors (Lipinski definition) is 1. The minimum absolute atomic E-state index is 0.101. The summed E-state index contributed by atoms with van der Waals surface area (Å²) in [5, 5.41) is 6.13. The van der Waals surface area contributed by atoms with Gasteiger partial charge in [-0.25, -0.2) is 13.9 Å². The van der Waals surface area contributed by atoms with Crippen LogP contribution in [0.4, 0.5) is 4.39 Å². The molecule has 32 heavy (non-hydrogen) atoms. The van der Waals surface area contributed by atoms with Crippen LogP contribution in [0.3, 0.4) is 0 Å². The first-order chi connectivity index (χ1) is 15.7. The number of benzene rings is 2. The highest BCUT2D eigenvalue weighted by atomic mass is 19.1. The lowest BCUT2D eigenvalue weighted by Crippen LogP contribution is -2.21. The maximum atomic E-state index is 13.3. The van der Waals surface area contributed by atoms with Crippen molar-refractivity contribution in [3.63, 3.8) is 0 Å². The summed E-state index contributed by atoms with van der Waals surface area (Å²) in [5.41, 5.74) is 5.09. The van der Waals surface area contributed by atoms with E-state index in [4.69, 9.17) is 0 Å². The van der Waals surface area contributed by atoms with Gasteiger partial charge in [0.25, 0.3) is 5.56 Å². The lowest BCUT2D eigenvalue weighted by molar-refractivity contribution is 0.628. The Morgan fingerprint density at radius 1 is 0.969 bits per heavy atom. The van der Waals surface area contributed by atoms with E-state index < -0.39 is 0 Å². The molecule has 6 rings (SSSR count). The van der Waals surface area contributed by atoms with Gasteiger partial charge < -0.3 is 9.55 Å². The number of rotatable bonds is 4. The fourth-order valence-electron chi connectivity index (χ4n) is 4.25. The monoisotopic (exact) mass is 423 g/mol. The third-order valence-corrected chi connectivity index (χ3v) is 5.92. The van der Waals surface area contributed by atoms with Crippen molar-refractivity contribution in [1.82, 2.24) is 24.1 Å². The second-order valence-electron chi connectivity index (χ2n) is 7.78. The van der Waals surface area contributed by atoms with E-state index in [-0.39, 0.29) is 11.4 Å². The zero-order valence-corrected chi connectivity index (χ0v) is 17.0. The maximum absolute atomic E-state index is 13.3. The van der Waals surface area contributed by atoms with Gasteiger partial charge in [-0.2, -0.15) is 5.10 Å². The van der Waals surface area contributed by atoms with Crippen molar-refractivity contribution in [3.8, 4) is 11.1 Å². The minimum atomic E-state index is -0.295. The first kappa shape index (κ1) is 18.5. The van der Waals surface area contributed by atoms with Crippen LogP contribution in [0.5, 0.6) is 0 Å². The summed E-state index contributed by atoms with van der Waals surface area (Å²) in [5.74, 6) is -0.295. The number of nitrogens with zero attached hydrogens (tertiary/aromatic N) is 4. The molecule has 0 saturated heterocycles. The Morgan fingerprint density at radius 3 is 2.69 bits per heavy atom. The predicted octanol–water partition coefficient (Wildman–Crippen LogP) is 4.57. The Morgan fingerprint density at radius 2 is 1.81 bits per heavy atom. The molecule has 6 nitrogen and oxygen atoms in total. The number of fused-ring (bicyclic) bond motifs is 4. The van der Waals surface area contributed by atoms with E-state index in [1.165, 1.54) is 23.1 Å². The summed E-state index contributed by atoms with van der Waals surface area (Å²) >= 11 is 0. The van der Waals surface area contributed by atoms with E-state index in [2.05, 4.69) is 21.1 Å². The molecule has 0 fully saturated rings. The number of nitrogens with one attached hydrogen (secondary N) is 1. The molecule has 4 aromatic heterocycles. The summed E-state index contributed by atoms with van der Waals surface area (Å²) < 4.78 is 16.7. The maximum Gasteiger partial charge on any atom is 0.261 e. The second-order valence-corrected chi connectivity index (χ2v) is 7.78. The fourth-order valence-corrected chi connectivity index (χ4v) is 4.25. The molecule has 0 radical (unpaired) electrons. The largest absolute Gasteiger partial charge is 0.361 e. The number of aromatic amines is 1. The van der Waals surface area contributed by atoms with Gasteiger partial charge in [0.1, 0.15) is 5.82 Å². The quantitative estimate of drug-likeness (QED) is 0.452. The van der Waals surface area contributed by atoms with Gasteiger partial charge in [0.15, 0.2) is 5.65 Å². The molecule has 0 bridgehead atoms. The Kier molecular flexibility index (Phi) is 4.14. The van der Waals surface area contributed by atoms with Crippen molar-refractivity contribution in [1.29, 1.82) is 0 Å². The minimum Gasteiger partial charge on any atom is -0.361 e. The molecule has 0 spiro atoms. The van der Waals surface area contributed by atoms with Gasteiger partial charge in [-0.1, -0.05) is 30.3 Å². The lowest BCUT2D eigenvalue weighted by atomic mass is 10.1. The van der Waals surface area contributed by atoms with Crippen molar-refractivity contribution in [3.05, 3.63) is 101 Å². The average molecular weight is 423 g/mol. The van der Waals surface area contributed by atoms with Gasteiger partial charge in [0, 0.05) is 41.6 Å². The number of hydrogen-bond acceptors (Lipinski definition) is 3. The Labute approximate surface area is 181 Å². The van der Waals surface area contributed by atoms with E-state index in [1.54, 1.807) is 39.8 Å². The van der Waals surface area contributed by atoms with Crippen LogP contribution in [0.25, 0.3) is 38.6 Å². The lowest BCUT2D eigenvalue weighted by Gasteiger charge is -2.08. The standard InChI is InChI=1S/C25H18FN5O/c26-18-7-5-16(6-8-18)20-15-29-31-23-10-12-30(25(32)21(23)14-28-24(20)31)11-9-17-13-27-22-4-2-1-3-19(17)22/h1-8,10,12-15,27H,9,11H2. The predicted molar refractivity (Wildman–Crippen MR) is 122 cm³/mol. The number of aryl methyl sites for hydroxylation is 2. The highest BCUT2D eigenvalue weighted by Gasteiger charge is 2.13. The van der Waals surface area contributed by atoms with Crippen LogP contribution >= 0.6 is 0 Å². The topological polar surface area (TPSA) is 68.0 Å². The van der Waals surface area contributed by atoms with Gasteiger partial charge in [-0.3, -0.25) is 4.79 Å². The van der Waals surface area contributed by atoms with Gasteiger partial charge in [0.05, 0.1) is 17.1 Å². The second kappa shape index (κ2) is 7.16. The van der Waals surface area contributed by atoms with Crippen molar-refractivity contribution >= 4 is 27.5 Å². The van der Waals surface area contributed by atoms with Crippen LogP contribution in [0.2, 0.25) is 0 Å². The Hall–Kier alpha value is -4.26. The highest BCUT2D eigenvalue weighted by Crippen LogP contribution is 2.25. The van der Waals surface area contributed by atoms with E-state index in [1.807, 2.05) is 30.5 Å². The molecule has 0 unspecified atom stereocenters. The third kappa shape index (κ3) is 2.90. The molecule has 6 aromatic rings. The van der Waals surface area contributed by atoms with Crippen LogP contribution in [-0.2, 0) is 13.0 Å². The zero-order chi connectivity index (χ0) is 21.7. The van der Waals surface area contributed by atoms with Crippen molar-refractivity contribution in [2.45, 2.75) is 13.0 Å². The SMILES string of the molecule is O=c1c2cnc3c(-c4ccc(F)cc4)cnn3c2ccn1CCc1c[nH]c2ccccc12. The summed E-state index contributed by atoms with van der Waals surface area (Å²) in [6.07, 6.45) is 7.84. The number of para-hydroxylation sites is 1. The van der Waals surface area contributed by atoms with Gasteiger partial charge in [-0.15, -0.1) is 0 Å². The number of aromatic nitrogens is 5. The molecule has 0 aliphatic heterocycles. The van der Waals surface area contributed by atoms with Crippen LogP contribution in [0, 0.1) is 5.82 Å². The highest BCUT2D eigenvalue weighted by molar-refractivity contribution is 5.85. The molecule has 156 valence electrons. The summed E-state index contributed by atoms with van der Waals surface area (Å²) in [4.78, 5) is 20.9. The normalized spacial score (nSPS) is 11.7. The fraction of sp³-hybridized carbons (Fsp3) is 0.0800. The van der Waals surface area contributed by atoms with Crippen LogP contribution in [0.15, 0.2) is 84.2 Å². The smallest absolute Gasteiger partial charge is 0.261 e. The van der Waals surface area contributed by atoms with Crippen molar-refractivity contribution in [2.24, 2.45) is 0 Å². The summed E-state index contributed by atoms with van der Waals surface area (Å²) in [7, 11) is 0. The van der Waals surface area contributed by atoms with E-state index in [9.17, 15) is 9.18 Å². The van der Waals surface area contributed by atoms with Crippen molar-refractivity contribution in [2.75, 3.05) is 0 Å². The van der Waals surface area contributed by atoms with E-state index in [0.717, 1.165) is 23.1 Å². The molecule has 7 heteroatoms. The number of halogens is 1. The molecular weight excluding hydrogens is 405 g/mol. The van der Waals surface area contributed by atoms with Crippen molar-refractivity contribution < 1.29 is 4.39 Å². The first-order valence-corrected chi connectivity index (χ1v) is 10.4. The van der Waals surface area contributed by atoms with E-state index >= 15 is 0 Å². The zero-order valence-electron chi connectivity index (χ0n) is 17.0. The van der Waals surface area contributed by atoms with Gasteiger partial charge in [-0.05, 0) is 41.8 Å². The molecule has 2 aromatic carbocycles. The molecule has 0 aliphatic rings. The summed E-state index contributed by atoms with van der Waals surface area (Å²) in [6, 6.07) is 16.2. The van der Waals surface area contributed by atoms with Gasteiger partial charge in [0.2, 0.25) is 0 Å². The van der Waals surface area contributed by atoms with E-state index in [0.29, 0.717) is 23.1 Å². The number of H-pyrrole nitrogens is 1. The molecule has 0 amide bonds. The Bertz CT molecular complexity index is 1660. The third-order valence-electron chi connectivity index (χ3n) is 5.92. The van der Waals surface area contributed by atoms with Gasteiger partial charge >= 0.3 is 0 Å². The molecule has 1 N–H and O–H groups in total. The molecule has 0 saturated carbocycles. The van der Waals surface area contributed by atoms with Crippen LogP contribution in [0.1, 0.15) is 5.56 Å². The first-order valence-electron chi connectivity index (χ1n) is 10.4.